The Kier molecular flexibility index (Phi) is 6.41. The van der Waals surface area contributed by atoms with Crippen molar-refractivity contribution in [3.05, 3.63) is 23.0 Å². The van der Waals surface area contributed by atoms with Gasteiger partial charge in [-0.25, -0.2) is 4.98 Å². The minimum Gasteiger partial charge on any atom is -0.338 e. The summed E-state index contributed by atoms with van der Waals surface area (Å²) in [5.74, 6) is 0.760. The summed E-state index contributed by atoms with van der Waals surface area (Å²) >= 11 is 0. The van der Waals surface area contributed by atoms with E-state index in [-0.39, 0.29) is 24.2 Å². The molecular weight excluding hydrogens is 340 g/mol. The molecular formula is C18H27ClN4O2. The summed E-state index contributed by atoms with van der Waals surface area (Å²) < 4.78 is 5.39. The van der Waals surface area contributed by atoms with Crippen LogP contribution in [0.15, 0.2) is 10.6 Å². The van der Waals surface area contributed by atoms with Gasteiger partial charge in [-0.3, -0.25) is 4.79 Å². The smallest absolute Gasteiger partial charge is 0.259 e. The highest BCUT2D eigenvalue weighted by molar-refractivity contribution is 6.06. The van der Waals surface area contributed by atoms with Crippen LogP contribution in [-0.2, 0) is 0 Å². The van der Waals surface area contributed by atoms with Gasteiger partial charge in [-0.2, -0.15) is 0 Å². The molecule has 0 aromatic carbocycles. The topological polar surface area (TPSA) is 71.3 Å². The fraction of sp³-hybridized carbons (Fsp3) is 0.611. The monoisotopic (exact) mass is 366 g/mol. The van der Waals surface area contributed by atoms with E-state index in [9.17, 15) is 4.79 Å². The molecule has 0 aliphatic carbocycles. The molecule has 25 heavy (non-hydrogen) atoms. The Hall–Kier alpha value is -1.66. The lowest BCUT2D eigenvalue weighted by atomic mass is 9.96. The van der Waals surface area contributed by atoms with Crippen LogP contribution in [0, 0.1) is 12.8 Å². The lowest BCUT2D eigenvalue weighted by Crippen LogP contribution is -2.42. The van der Waals surface area contributed by atoms with E-state index in [2.05, 4.69) is 29.3 Å². The Morgan fingerprint density at radius 2 is 2.24 bits per heavy atom. The summed E-state index contributed by atoms with van der Waals surface area (Å²) in [7, 11) is 1.96. The zero-order chi connectivity index (χ0) is 17.3. The predicted molar refractivity (Wildman–Crippen MR) is 100 cm³/mol. The Bertz CT molecular complexity index is 742. The number of likely N-dealkylation sites (tertiary alicyclic amines) is 1. The second kappa shape index (κ2) is 8.15. The standard InChI is InChI=1S/C18H26N4O2.ClH/c1-11(2)16-15-14(8-12(3)20-17(15)24-21-16)18(23)22-7-5-6-13(10-22)9-19-4;/h8,11,13,19H,5-7,9-10H2,1-4H3;1H. The van der Waals surface area contributed by atoms with Crippen LogP contribution in [0.1, 0.15) is 54.4 Å². The van der Waals surface area contributed by atoms with E-state index in [4.69, 9.17) is 4.52 Å². The molecule has 0 bridgehead atoms. The normalized spacial score (nSPS) is 17.8. The number of nitrogens with zero attached hydrogens (tertiary/aromatic N) is 3. The third-order valence-electron chi connectivity index (χ3n) is 4.68. The molecule has 138 valence electrons. The third kappa shape index (κ3) is 3.96. The van der Waals surface area contributed by atoms with Crippen LogP contribution in [0.5, 0.6) is 0 Å². The van der Waals surface area contributed by atoms with Crippen molar-refractivity contribution in [1.29, 1.82) is 0 Å². The molecule has 1 N–H and O–H groups in total. The van der Waals surface area contributed by atoms with Crippen molar-refractivity contribution < 1.29 is 9.32 Å². The number of carbonyl (C=O) groups excluding carboxylic acids is 1. The first-order valence-corrected chi connectivity index (χ1v) is 8.72. The Morgan fingerprint density at radius 3 is 2.92 bits per heavy atom. The van der Waals surface area contributed by atoms with E-state index in [1.54, 1.807) is 0 Å². The highest BCUT2D eigenvalue weighted by Gasteiger charge is 2.28. The second-order valence-corrected chi connectivity index (χ2v) is 7.03. The number of pyridine rings is 1. The summed E-state index contributed by atoms with van der Waals surface area (Å²) in [6, 6.07) is 1.87. The van der Waals surface area contributed by atoms with Crippen molar-refractivity contribution >= 4 is 29.4 Å². The Balaban J connectivity index is 0.00000225. The third-order valence-corrected chi connectivity index (χ3v) is 4.68. The van der Waals surface area contributed by atoms with E-state index in [1.807, 2.05) is 24.9 Å². The average molecular weight is 367 g/mol. The molecule has 7 heteroatoms. The zero-order valence-electron chi connectivity index (χ0n) is 15.3. The second-order valence-electron chi connectivity index (χ2n) is 7.03. The Labute approximate surface area is 154 Å². The molecule has 0 spiro atoms. The van der Waals surface area contributed by atoms with Crippen LogP contribution in [0.2, 0.25) is 0 Å². The lowest BCUT2D eigenvalue weighted by Gasteiger charge is -2.33. The van der Waals surface area contributed by atoms with Gasteiger partial charge in [0.25, 0.3) is 11.6 Å². The van der Waals surface area contributed by atoms with Crippen LogP contribution in [0.3, 0.4) is 0 Å². The maximum Gasteiger partial charge on any atom is 0.259 e. The molecule has 1 aliphatic heterocycles. The summed E-state index contributed by atoms with van der Waals surface area (Å²) in [5, 5.41) is 8.15. The first-order chi connectivity index (χ1) is 11.5. The van der Waals surface area contributed by atoms with Crippen molar-refractivity contribution in [3.8, 4) is 0 Å². The first-order valence-electron chi connectivity index (χ1n) is 8.72. The highest BCUT2D eigenvalue weighted by Crippen LogP contribution is 2.29. The van der Waals surface area contributed by atoms with Gasteiger partial charge in [0.1, 0.15) is 0 Å². The summed E-state index contributed by atoms with van der Waals surface area (Å²) in [4.78, 5) is 19.6. The van der Waals surface area contributed by atoms with E-state index < -0.39 is 0 Å². The molecule has 3 heterocycles. The van der Waals surface area contributed by atoms with Gasteiger partial charge in [0.15, 0.2) is 0 Å². The SMILES string of the molecule is CNCC1CCCN(C(=O)c2cc(C)nc3onc(C(C)C)c23)C1.Cl. The van der Waals surface area contributed by atoms with Crippen LogP contribution < -0.4 is 5.32 Å². The van der Waals surface area contributed by atoms with E-state index >= 15 is 0 Å². The number of halogens is 1. The molecule has 6 nitrogen and oxygen atoms in total. The number of hydrogen-bond acceptors (Lipinski definition) is 5. The maximum absolute atomic E-state index is 13.2. The summed E-state index contributed by atoms with van der Waals surface area (Å²) in [6.45, 7) is 8.53. The van der Waals surface area contributed by atoms with Crippen molar-refractivity contribution in [3.63, 3.8) is 0 Å². The average Bonchev–Trinajstić information content (AvgIpc) is 2.98. The minimum atomic E-state index is 0. The van der Waals surface area contributed by atoms with Gasteiger partial charge in [-0.05, 0) is 51.3 Å². The van der Waals surface area contributed by atoms with Gasteiger partial charge in [-0.1, -0.05) is 19.0 Å². The number of fused-ring (bicyclic) bond motifs is 1. The van der Waals surface area contributed by atoms with Gasteiger partial charge in [0, 0.05) is 18.8 Å². The number of amides is 1. The summed E-state index contributed by atoms with van der Waals surface area (Å²) in [5.41, 5.74) is 2.73. The van der Waals surface area contributed by atoms with Gasteiger partial charge in [-0.15, -0.1) is 12.4 Å². The van der Waals surface area contributed by atoms with E-state index in [0.29, 0.717) is 17.2 Å². The molecule has 1 unspecified atom stereocenters. The van der Waals surface area contributed by atoms with Gasteiger partial charge in [0.2, 0.25) is 0 Å². The van der Waals surface area contributed by atoms with Crippen LogP contribution >= 0.6 is 12.4 Å². The number of piperidine rings is 1. The molecule has 0 saturated carbocycles. The van der Waals surface area contributed by atoms with E-state index in [0.717, 1.165) is 42.8 Å². The molecule has 2 aromatic heterocycles. The number of carbonyl (C=O) groups is 1. The minimum absolute atomic E-state index is 0. The summed E-state index contributed by atoms with van der Waals surface area (Å²) in [6.07, 6.45) is 2.21. The predicted octanol–water partition coefficient (Wildman–Crippen LogP) is 3.15. The van der Waals surface area contributed by atoms with Crippen LogP contribution in [0.25, 0.3) is 11.1 Å². The highest BCUT2D eigenvalue weighted by atomic mass is 35.5. The number of rotatable bonds is 4. The maximum atomic E-state index is 13.2. The van der Waals surface area contributed by atoms with Gasteiger partial charge < -0.3 is 14.7 Å². The fourth-order valence-corrected chi connectivity index (χ4v) is 3.53. The number of hydrogen-bond donors (Lipinski definition) is 1. The van der Waals surface area contributed by atoms with Crippen LogP contribution in [-0.4, -0.2) is 47.6 Å². The molecule has 1 atom stereocenters. The number of nitrogens with one attached hydrogen (secondary N) is 1. The van der Waals surface area contributed by atoms with Crippen LogP contribution in [0.4, 0.5) is 0 Å². The molecule has 1 amide bonds. The lowest BCUT2D eigenvalue weighted by molar-refractivity contribution is 0.0676. The van der Waals surface area contributed by atoms with Gasteiger partial charge >= 0.3 is 0 Å². The first kappa shape index (κ1) is 19.7. The molecule has 1 aliphatic rings. The van der Waals surface area contributed by atoms with Crippen molar-refractivity contribution in [2.75, 3.05) is 26.7 Å². The van der Waals surface area contributed by atoms with Crippen molar-refractivity contribution in [1.82, 2.24) is 20.4 Å². The fourth-order valence-electron chi connectivity index (χ4n) is 3.53. The quantitative estimate of drug-likeness (QED) is 0.899. The number of aromatic nitrogens is 2. The Morgan fingerprint density at radius 1 is 1.48 bits per heavy atom. The van der Waals surface area contributed by atoms with Gasteiger partial charge in [0.05, 0.1) is 16.6 Å². The zero-order valence-corrected chi connectivity index (χ0v) is 16.2. The molecule has 0 radical (unpaired) electrons. The number of aryl methyl sites for hydroxylation is 1. The van der Waals surface area contributed by atoms with Crippen molar-refractivity contribution in [2.24, 2.45) is 5.92 Å². The molecule has 1 fully saturated rings. The largest absolute Gasteiger partial charge is 0.338 e. The molecule has 1 saturated heterocycles. The molecule has 2 aromatic rings. The van der Waals surface area contributed by atoms with E-state index in [1.165, 1.54) is 6.42 Å². The molecule has 3 rings (SSSR count). The van der Waals surface area contributed by atoms with Crippen molar-refractivity contribution in [2.45, 2.75) is 39.5 Å².